The van der Waals surface area contributed by atoms with Crippen LogP contribution in [0, 0.1) is 3.57 Å². The smallest absolute Gasteiger partial charge is 0.257 e. The van der Waals surface area contributed by atoms with Crippen molar-refractivity contribution in [2.45, 2.75) is 18.9 Å². The number of phenols is 1. The molecule has 0 radical (unpaired) electrons. The lowest BCUT2D eigenvalue weighted by Gasteiger charge is -2.21. The summed E-state index contributed by atoms with van der Waals surface area (Å²) in [5, 5.41) is 13.1. The number of carbonyl (C=O) groups excluding carboxylic acids is 1. The molecule has 1 amide bonds. The van der Waals surface area contributed by atoms with Gasteiger partial charge in [-0.05, 0) is 60.2 Å². The number of phenolic OH excluding ortho intramolecular Hbond substituents is 1. The van der Waals surface area contributed by atoms with Crippen molar-refractivity contribution >= 4 is 28.5 Å². The molecule has 1 heterocycles. The van der Waals surface area contributed by atoms with Crippen molar-refractivity contribution in [2.24, 2.45) is 0 Å². The van der Waals surface area contributed by atoms with E-state index in [9.17, 15) is 9.90 Å². The van der Waals surface area contributed by atoms with Gasteiger partial charge in [-0.15, -0.1) is 0 Å². The maximum Gasteiger partial charge on any atom is 0.257 e. The van der Waals surface area contributed by atoms with Crippen molar-refractivity contribution in [3.05, 3.63) is 27.3 Å². The maximum absolute atomic E-state index is 12.2. The zero-order chi connectivity index (χ0) is 13.1. The molecule has 4 nitrogen and oxygen atoms in total. The zero-order valence-corrected chi connectivity index (χ0v) is 12.5. The van der Waals surface area contributed by atoms with Gasteiger partial charge < -0.3 is 15.3 Å². The maximum atomic E-state index is 12.2. The quantitative estimate of drug-likeness (QED) is 0.809. The second-order valence-electron chi connectivity index (χ2n) is 4.64. The zero-order valence-electron chi connectivity index (χ0n) is 10.3. The number of hydrogen-bond donors (Lipinski definition) is 2. The van der Waals surface area contributed by atoms with Crippen molar-refractivity contribution in [1.82, 2.24) is 10.2 Å². The van der Waals surface area contributed by atoms with E-state index in [0.717, 1.165) is 16.5 Å². The predicted octanol–water partition coefficient (Wildman–Crippen LogP) is 1.82. The average molecular weight is 360 g/mol. The third-order valence-corrected chi connectivity index (χ3v) is 3.86. The van der Waals surface area contributed by atoms with E-state index < -0.39 is 0 Å². The number of nitrogens with one attached hydrogen (secondary N) is 1. The molecule has 0 bridgehead atoms. The summed E-state index contributed by atoms with van der Waals surface area (Å²) in [6.45, 7) is 1.71. The number of halogens is 1. The minimum absolute atomic E-state index is 0.0478. The number of carbonyl (C=O) groups is 1. The molecule has 1 saturated heterocycles. The number of nitrogens with zero attached hydrogens (tertiary/aromatic N) is 1. The molecule has 1 fully saturated rings. The first kappa shape index (κ1) is 13.6. The van der Waals surface area contributed by atoms with Crippen LogP contribution in [0.5, 0.6) is 5.75 Å². The van der Waals surface area contributed by atoms with Crippen molar-refractivity contribution in [2.75, 3.05) is 20.1 Å². The van der Waals surface area contributed by atoms with Gasteiger partial charge in [0.05, 0.1) is 5.56 Å². The van der Waals surface area contributed by atoms with Gasteiger partial charge in [0.25, 0.3) is 5.91 Å². The monoisotopic (exact) mass is 360 g/mol. The van der Waals surface area contributed by atoms with Gasteiger partial charge in [0.1, 0.15) is 5.75 Å². The van der Waals surface area contributed by atoms with Gasteiger partial charge in [-0.1, -0.05) is 0 Å². The van der Waals surface area contributed by atoms with Gasteiger partial charge in [0.15, 0.2) is 0 Å². The predicted molar refractivity (Wildman–Crippen MR) is 78.8 cm³/mol. The number of rotatable bonds is 3. The number of likely N-dealkylation sites (N-methyl/N-ethyl adjacent to an activating group) is 1. The van der Waals surface area contributed by atoms with Crippen LogP contribution in [-0.2, 0) is 0 Å². The van der Waals surface area contributed by atoms with E-state index in [1.807, 2.05) is 0 Å². The second-order valence-corrected chi connectivity index (χ2v) is 5.89. The number of amides is 1. The molecule has 2 rings (SSSR count). The molecule has 0 aliphatic carbocycles. The number of benzene rings is 1. The first-order valence-electron chi connectivity index (χ1n) is 6.05. The molecule has 98 valence electrons. The third kappa shape index (κ3) is 3.14. The Kier molecular flexibility index (Phi) is 4.45. The molecule has 18 heavy (non-hydrogen) atoms. The Morgan fingerprint density at radius 3 is 3.06 bits per heavy atom. The van der Waals surface area contributed by atoms with Crippen molar-refractivity contribution < 1.29 is 9.90 Å². The molecule has 0 spiro atoms. The summed E-state index contributed by atoms with van der Waals surface area (Å²) in [5.74, 6) is -0.0774. The second kappa shape index (κ2) is 5.88. The lowest BCUT2D eigenvalue weighted by atomic mass is 10.1. The summed E-state index contributed by atoms with van der Waals surface area (Å²) in [6, 6.07) is 5.45. The van der Waals surface area contributed by atoms with E-state index in [2.05, 4.69) is 27.9 Å². The lowest BCUT2D eigenvalue weighted by Crippen LogP contribution is -2.38. The van der Waals surface area contributed by atoms with E-state index >= 15 is 0 Å². The van der Waals surface area contributed by atoms with Crippen LogP contribution in [0.25, 0.3) is 0 Å². The molecule has 1 aromatic rings. The van der Waals surface area contributed by atoms with Crippen LogP contribution in [0.4, 0.5) is 0 Å². The SMILES string of the molecule is CN(CC1CCCN1)C(=O)c1cc(I)ccc1O. The van der Waals surface area contributed by atoms with Crippen LogP contribution in [0.2, 0.25) is 0 Å². The molecule has 5 heteroatoms. The molecule has 1 aliphatic rings. The first-order valence-corrected chi connectivity index (χ1v) is 7.13. The van der Waals surface area contributed by atoms with Gasteiger partial charge >= 0.3 is 0 Å². The Morgan fingerprint density at radius 1 is 1.61 bits per heavy atom. The number of aromatic hydroxyl groups is 1. The van der Waals surface area contributed by atoms with E-state index in [4.69, 9.17) is 0 Å². The summed E-state index contributed by atoms with van der Waals surface area (Å²) in [5.41, 5.74) is 0.377. The topological polar surface area (TPSA) is 52.6 Å². The fourth-order valence-electron chi connectivity index (χ4n) is 2.21. The Labute approximate surface area is 121 Å². The van der Waals surface area contributed by atoms with Crippen LogP contribution in [-0.4, -0.2) is 42.1 Å². The van der Waals surface area contributed by atoms with Crippen LogP contribution in [0.15, 0.2) is 18.2 Å². The highest BCUT2D eigenvalue weighted by Crippen LogP contribution is 2.21. The molecule has 2 N–H and O–H groups in total. The molecule has 1 aliphatic heterocycles. The van der Waals surface area contributed by atoms with E-state index in [0.29, 0.717) is 18.2 Å². The van der Waals surface area contributed by atoms with Crippen molar-refractivity contribution in [3.8, 4) is 5.75 Å². The molecule has 1 aromatic carbocycles. The molecule has 0 aromatic heterocycles. The Morgan fingerprint density at radius 2 is 2.39 bits per heavy atom. The molecular formula is C13H17IN2O2. The molecular weight excluding hydrogens is 343 g/mol. The minimum Gasteiger partial charge on any atom is -0.507 e. The Balaban J connectivity index is 2.07. The minimum atomic E-state index is -0.125. The molecule has 1 atom stereocenters. The average Bonchev–Trinajstić information content (AvgIpc) is 2.84. The van der Waals surface area contributed by atoms with E-state index in [1.165, 1.54) is 6.42 Å². The van der Waals surface area contributed by atoms with Gasteiger partial charge in [0, 0.05) is 23.2 Å². The van der Waals surface area contributed by atoms with Gasteiger partial charge in [-0.25, -0.2) is 0 Å². The normalized spacial score (nSPS) is 18.9. The summed E-state index contributed by atoms with van der Waals surface area (Å²) in [6.07, 6.45) is 2.27. The van der Waals surface area contributed by atoms with Crippen molar-refractivity contribution in [3.63, 3.8) is 0 Å². The Hall–Kier alpha value is -0.820. The fourth-order valence-corrected chi connectivity index (χ4v) is 2.70. The molecule has 1 unspecified atom stereocenters. The standard InChI is InChI=1S/C13H17IN2O2/c1-16(8-10-3-2-6-15-10)13(18)11-7-9(14)4-5-12(11)17/h4-5,7,10,15,17H,2-3,6,8H2,1H3. The highest BCUT2D eigenvalue weighted by molar-refractivity contribution is 14.1. The van der Waals surface area contributed by atoms with Gasteiger partial charge in [-0.2, -0.15) is 0 Å². The first-order chi connectivity index (χ1) is 8.58. The summed E-state index contributed by atoms with van der Waals surface area (Å²) >= 11 is 2.13. The molecule has 0 saturated carbocycles. The van der Waals surface area contributed by atoms with Gasteiger partial charge in [0.2, 0.25) is 0 Å². The fraction of sp³-hybridized carbons (Fsp3) is 0.462. The van der Waals surface area contributed by atoms with E-state index in [1.54, 1.807) is 30.1 Å². The summed E-state index contributed by atoms with van der Waals surface area (Å²) < 4.78 is 0.946. The van der Waals surface area contributed by atoms with Crippen molar-refractivity contribution in [1.29, 1.82) is 0 Å². The Bertz CT molecular complexity index is 445. The number of hydrogen-bond acceptors (Lipinski definition) is 3. The van der Waals surface area contributed by atoms with Gasteiger partial charge in [-0.3, -0.25) is 4.79 Å². The largest absolute Gasteiger partial charge is 0.507 e. The van der Waals surface area contributed by atoms with Crippen LogP contribution < -0.4 is 5.32 Å². The third-order valence-electron chi connectivity index (χ3n) is 3.19. The highest BCUT2D eigenvalue weighted by atomic mass is 127. The summed E-state index contributed by atoms with van der Waals surface area (Å²) in [7, 11) is 1.78. The van der Waals surface area contributed by atoms with Crippen LogP contribution >= 0.6 is 22.6 Å². The summed E-state index contributed by atoms with van der Waals surface area (Å²) in [4.78, 5) is 13.9. The van der Waals surface area contributed by atoms with Crippen LogP contribution in [0.3, 0.4) is 0 Å². The van der Waals surface area contributed by atoms with E-state index in [-0.39, 0.29) is 11.7 Å². The van der Waals surface area contributed by atoms with Crippen LogP contribution in [0.1, 0.15) is 23.2 Å². The lowest BCUT2D eigenvalue weighted by molar-refractivity contribution is 0.0780. The highest BCUT2D eigenvalue weighted by Gasteiger charge is 2.21.